The maximum Gasteiger partial charge on any atom is 0.248 e. The molecule has 0 saturated heterocycles. The summed E-state index contributed by atoms with van der Waals surface area (Å²) in [5.41, 5.74) is 4.56. The molecule has 0 aliphatic carbocycles. The number of rotatable bonds is 4. The van der Waals surface area contributed by atoms with E-state index in [0.717, 1.165) is 22.4 Å². The summed E-state index contributed by atoms with van der Waals surface area (Å²) in [6, 6.07) is 15.2. The predicted octanol–water partition coefficient (Wildman–Crippen LogP) is 4.64. The SMILES string of the molecule is Cc1cccc(C(C)C)c1NC(=O)/C=C/c1ccc(C#N)cc1. The van der Waals surface area contributed by atoms with E-state index >= 15 is 0 Å². The first kappa shape index (κ1) is 16.5. The van der Waals surface area contributed by atoms with Crippen molar-refractivity contribution in [3.05, 3.63) is 70.8 Å². The van der Waals surface area contributed by atoms with Crippen molar-refractivity contribution in [3.8, 4) is 6.07 Å². The van der Waals surface area contributed by atoms with Crippen LogP contribution in [0.1, 0.15) is 42.0 Å². The fourth-order valence-electron chi connectivity index (χ4n) is 2.35. The van der Waals surface area contributed by atoms with Gasteiger partial charge in [-0.3, -0.25) is 4.79 Å². The average molecular weight is 304 g/mol. The van der Waals surface area contributed by atoms with Crippen molar-refractivity contribution in [1.29, 1.82) is 5.26 Å². The standard InChI is InChI=1S/C20H20N2O/c1-14(2)18-6-4-5-15(3)20(18)22-19(23)12-11-16-7-9-17(13-21)10-8-16/h4-12,14H,1-3H3,(H,22,23)/b12-11+. The van der Waals surface area contributed by atoms with Gasteiger partial charge in [0.2, 0.25) is 5.91 Å². The Bertz CT molecular complexity index is 765. The molecule has 0 aliphatic rings. The van der Waals surface area contributed by atoms with Crippen molar-refractivity contribution in [1.82, 2.24) is 0 Å². The van der Waals surface area contributed by atoms with Crippen molar-refractivity contribution in [2.45, 2.75) is 26.7 Å². The molecule has 2 aromatic carbocycles. The van der Waals surface area contributed by atoms with Gasteiger partial charge in [0.25, 0.3) is 0 Å². The van der Waals surface area contributed by atoms with Crippen LogP contribution in [0.2, 0.25) is 0 Å². The molecular weight excluding hydrogens is 284 g/mol. The maximum absolute atomic E-state index is 12.2. The molecule has 0 unspecified atom stereocenters. The van der Waals surface area contributed by atoms with Crippen molar-refractivity contribution < 1.29 is 4.79 Å². The van der Waals surface area contributed by atoms with Crippen molar-refractivity contribution >= 4 is 17.7 Å². The number of anilines is 1. The molecule has 2 aromatic rings. The fraction of sp³-hybridized carbons (Fsp3) is 0.200. The Morgan fingerprint density at radius 2 is 1.87 bits per heavy atom. The minimum atomic E-state index is -0.162. The molecule has 1 amide bonds. The third-order valence-electron chi connectivity index (χ3n) is 3.64. The van der Waals surface area contributed by atoms with Gasteiger partial charge < -0.3 is 5.32 Å². The van der Waals surface area contributed by atoms with Crippen LogP contribution < -0.4 is 5.32 Å². The summed E-state index contributed by atoms with van der Waals surface area (Å²) >= 11 is 0. The molecule has 0 saturated carbocycles. The molecule has 0 fully saturated rings. The zero-order valence-corrected chi connectivity index (χ0v) is 13.6. The summed E-state index contributed by atoms with van der Waals surface area (Å²) in [7, 11) is 0. The number of para-hydroxylation sites is 1. The van der Waals surface area contributed by atoms with Crippen LogP contribution in [0.25, 0.3) is 6.08 Å². The summed E-state index contributed by atoms with van der Waals surface area (Å²) in [6.07, 6.45) is 3.25. The lowest BCUT2D eigenvalue weighted by Gasteiger charge is -2.15. The second-order valence-electron chi connectivity index (χ2n) is 5.75. The molecule has 0 spiro atoms. The summed E-state index contributed by atoms with van der Waals surface area (Å²) < 4.78 is 0. The maximum atomic E-state index is 12.2. The second kappa shape index (κ2) is 7.42. The summed E-state index contributed by atoms with van der Waals surface area (Å²) in [5.74, 6) is 0.179. The Morgan fingerprint density at radius 3 is 2.48 bits per heavy atom. The van der Waals surface area contributed by atoms with Gasteiger partial charge in [-0.2, -0.15) is 5.26 Å². The highest BCUT2D eigenvalue weighted by Crippen LogP contribution is 2.27. The first-order valence-corrected chi connectivity index (χ1v) is 7.60. The number of hydrogen-bond donors (Lipinski definition) is 1. The van der Waals surface area contributed by atoms with E-state index in [1.807, 2.05) is 37.3 Å². The quantitative estimate of drug-likeness (QED) is 0.836. The van der Waals surface area contributed by atoms with E-state index < -0.39 is 0 Å². The van der Waals surface area contributed by atoms with Crippen molar-refractivity contribution in [2.75, 3.05) is 5.32 Å². The number of hydrogen-bond acceptors (Lipinski definition) is 2. The molecule has 0 heterocycles. The minimum absolute atomic E-state index is 0.162. The number of nitrogens with one attached hydrogen (secondary N) is 1. The van der Waals surface area contributed by atoms with E-state index in [2.05, 4.69) is 25.2 Å². The van der Waals surface area contributed by atoms with Gasteiger partial charge in [-0.25, -0.2) is 0 Å². The molecule has 0 bridgehead atoms. The van der Waals surface area contributed by atoms with Crippen molar-refractivity contribution in [2.24, 2.45) is 0 Å². The topological polar surface area (TPSA) is 52.9 Å². The molecule has 116 valence electrons. The van der Waals surface area contributed by atoms with Crippen molar-refractivity contribution in [3.63, 3.8) is 0 Å². The number of amides is 1. The summed E-state index contributed by atoms with van der Waals surface area (Å²) in [4.78, 5) is 12.2. The molecule has 0 aromatic heterocycles. The first-order valence-electron chi connectivity index (χ1n) is 7.60. The molecule has 0 atom stereocenters. The Morgan fingerprint density at radius 1 is 1.17 bits per heavy atom. The van der Waals surface area contributed by atoms with E-state index in [9.17, 15) is 4.79 Å². The van der Waals surface area contributed by atoms with Gasteiger partial charge in [-0.1, -0.05) is 44.2 Å². The van der Waals surface area contributed by atoms with Gasteiger partial charge in [0, 0.05) is 11.8 Å². The first-order chi connectivity index (χ1) is 11.0. The van der Waals surface area contributed by atoms with Crippen LogP contribution >= 0.6 is 0 Å². The second-order valence-corrected chi connectivity index (χ2v) is 5.75. The van der Waals surface area contributed by atoms with Gasteiger partial charge in [-0.05, 0) is 47.7 Å². The number of benzene rings is 2. The summed E-state index contributed by atoms with van der Waals surface area (Å²) in [6.45, 7) is 6.21. The van der Waals surface area contributed by atoms with Crippen LogP contribution in [-0.2, 0) is 4.79 Å². The van der Waals surface area contributed by atoms with Gasteiger partial charge in [0.15, 0.2) is 0 Å². The van der Waals surface area contributed by atoms with Gasteiger partial charge in [-0.15, -0.1) is 0 Å². The molecule has 3 nitrogen and oxygen atoms in total. The van der Waals surface area contributed by atoms with Crippen LogP contribution in [-0.4, -0.2) is 5.91 Å². The third kappa shape index (κ3) is 4.31. The van der Waals surface area contributed by atoms with E-state index in [1.165, 1.54) is 6.08 Å². The number of carbonyl (C=O) groups is 1. The lowest BCUT2D eigenvalue weighted by atomic mass is 9.98. The average Bonchev–Trinajstić information content (AvgIpc) is 2.55. The van der Waals surface area contributed by atoms with Crippen LogP contribution in [0.4, 0.5) is 5.69 Å². The van der Waals surface area contributed by atoms with Gasteiger partial charge in [0.1, 0.15) is 0 Å². The van der Waals surface area contributed by atoms with Crippen LogP contribution in [0.15, 0.2) is 48.5 Å². The smallest absolute Gasteiger partial charge is 0.248 e. The minimum Gasteiger partial charge on any atom is -0.322 e. The summed E-state index contributed by atoms with van der Waals surface area (Å²) in [5, 5.41) is 11.8. The Balaban J connectivity index is 2.13. The van der Waals surface area contributed by atoms with E-state index in [-0.39, 0.29) is 5.91 Å². The van der Waals surface area contributed by atoms with Crippen LogP contribution in [0.3, 0.4) is 0 Å². The Kier molecular flexibility index (Phi) is 5.32. The van der Waals surface area contributed by atoms with Gasteiger partial charge >= 0.3 is 0 Å². The largest absolute Gasteiger partial charge is 0.322 e. The van der Waals surface area contributed by atoms with Crippen LogP contribution in [0.5, 0.6) is 0 Å². The normalized spacial score (nSPS) is 10.7. The molecular formula is C20H20N2O. The Hall–Kier alpha value is -2.86. The van der Waals surface area contributed by atoms with Crippen LogP contribution in [0, 0.1) is 18.3 Å². The molecule has 0 radical (unpaired) electrons. The van der Waals surface area contributed by atoms with E-state index in [4.69, 9.17) is 5.26 Å². The predicted molar refractivity (Wildman–Crippen MR) is 94.1 cm³/mol. The highest BCUT2D eigenvalue weighted by molar-refractivity contribution is 6.02. The van der Waals surface area contributed by atoms with E-state index in [1.54, 1.807) is 18.2 Å². The Labute approximate surface area is 137 Å². The molecule has 23 heavy (non-hydrogen) atoms. The monoisotopic (exact) mass is 304 g/mol. The number of nitriles is 1. The van der Waals surface area contributed by atoms with E-state index in [0.29, 0.717) is 11.5 Å². The molecule has 0 aliphatic heterocycles. The zero-order chi connectivity index (χ0) is 16.8. The lowest BCUT2D eigenvalue weighted by Crippen LogP contribution is -2.11. The molecule has 3 heteroatoms. The van der Waals surface area contributed by atoms with Gasteiger partial charge in [0.05, 0.1) is 11.6 Å². The lowest BCUT2D eigenvalue weighted by molar-refractivity contribution is -0.111. The third-order valence-corrected chi connectivity index (χ3v) is 3.64. The molecule has 1 N–H and O–H groups in total. The fourth-order valence-corrected chi connectivity index (χ4v) is 2.35. The number of aryl methyl sites for hydroxylation is 1. The highest BCUT2D eigenvalue weighted by atomic mass is 16.1. The highest BCUT2D eigenvalue weighted by Gasteiger charge is 2.10. The zero-order valence-electron chi connectivity index (χ0n) is 13.6. The number of nitrogens with zero attached hydrogens (tertiary/aromatic N) is 1. The number of carbonyl (C=O) groups excluding carboxylic acids is 1. The molecule has 2 rings (SSSR count).